The zero-order valence-electron chi connectivity index (χ0n) is 11.8. The molecule has 0 aliphatic carbocycles. The van der Waals surface area contributed by atoms with Gasteiger partial charge >= 0.3 is 5.97 Å². The van der Waals surface area contributed by atoms with Gasteiger partial charge in [-0.25, -0.2) is 13.1 Å². The molecule has 0 saturated carbocycles. The number of rotatable bonds is 7. The molecule has 21 heavy (non-hydrogen) atoms. The third-order valence-electron chi connectivity index (χ3n) is 2.72. The molecule has 0 atom stereocenters. The quantitative estimate of drug-likeness (QED) is 0.752. The number of carboxylic acids is 1. The van der Waals surface area contributed by atoms with Gasteiger partial charge in [-0.15, -0.1) is 0 Å². The van der Waals surface area contributed by atoms with E-state index in [-0.39, 0.29) is 10.9 Å². The van der Waals surface area contributed by atoms with Crippen molar-refractivity contribution in [1.82, 2.24) is 9.62 Å². The second-order valence-electron chi connectivity index (χ2n) is 4.65. The van der Waals surface area contributed by atoms with Crippen LogP contribution in [0, 0.1) is 0 Å². The van der Waals surface area contributed by atoms with Crippen LogP contribution in [0.3, 0.4) is 0 Å². The molecule has 8 heteroatoms. The van der Waals surface area contributed by atoms with Crippen molar-refractivity contribution in [3.63, 3.8) is 0 Å². The second kappa shape index (κ2) is 7.19. The minimum atomic E-state index is -3.79. The molecule has 0 unspecified atom stereocenters. The molecular formula is C13H18N2O5S. The molecule has 7 nitrogen and oxygen atoms in total. The zero-order valence-corrected chi connectivity index (χ0v) is 12.6. The van der Waals surface area contributed by atoms with Gasteiger partial charge in [-0.05, 0) is 26.0 Å². The van der Waals surface area contributed by atoms with E-state index in [0.717, 1.165) is 4.90 Å². The van der Waals surface area contributed by atoms with E-state index in [1.807, 2.05) is 0 Å². The molecule has 1 rings (SSSR count). The molecular weight excluding hydrogens is 296 g/mol. The summed E-state index contributed by atoms with van der Waals surface area (Å²) in [6, 6.07) is 7.30. The van der Waals surface area contributed by atoms with Crippen molar-refractivity contribution in [1.29, 1.82) is 0 Å². The van der Waals surface area contributed by atoms with E-state index in [2.05, 4.69) is 4.72 Å². The summed E-state index contributed by atoms with van der Waals surface area (Å²) in [5.74, 6) is -1.74. The molecule has 2 N–H and O–H groups in total. The highest BCUT2D eigenvalue weighted by atomic mass is 32.2. The Bertz CT molecular complexity index is 598. The van der Waals surface area contributed by atoms with Gasteiger partial charge in [0.15, 0.2) is 0 Å². The van der Waals surface area contributed by atoms with Gasteiger partial charge in [-0.3, -0.25) is 9.59 Å². The van der Waals surface area contributed by atoms with Crippen LogP contribution >= 0.6 is 0 Å². The summed E-state index contributed by atoms with van der Waals surface area (Å²) in [4.78, 5) is 23.8. The number of amides is 1. The van der Waals surface area contributed by atoms with Crippen LogP contribution in [-0.4, -0.2) is 49.4 Å². The molecule has 1 aromatic rings. The number of carbonyl (C=O) groups is 2. The van der Waals surface area contributed by atoms with Crippen molar-refractivity contribution in [2.75, 3.05) is 13.1 Å². The molecule has 0 aliphatic rings. The average Bonchev–Trinajstić information content (AvgIpc) is 2.43. The maximum atomic E-state index is 12.0. The van der Waals surface area contributed by atoms with E-state index in [1.165, 1.54) is 12.1 Å². The highest BCUT2D eigenvalue weighted by Crippen LogP contribution is 2.07. The fourth-order valence-corrected chi connectivity index (χ4v) is 2.64. The largest absolute Gasteiger partial charge is 0.480 e. The molecule has 1 aromatic carbocycles. The number of sulfonamides is 1. The summed E-state index contributed by atoms with van der Waals surface area (Å²) in [5.41, 5.74) is 0. The Labute approximate surface area is 123 Å². The number of hydrogen-bond donors (Lipinski definition) is 2. The smallest absolute Gasteiger partial charge is 0.323 e. The summed E-state index contributed by atoms with van der Waals surface area (Å²) in [6.07, 6.45) is 0. The van der Waals surface area contributed by atoms with Crippen LogP contribution in [0.5, 0.6) is 0 Å². The SMILES string of the molecule is CC(C)N(CC(=O)O)C(=O)CNS(=O)(=O)c1ccccc1. The number of nitrogens with one attached hydrogen (secondary N) is 1. The molecule has 0 aliphatic heterocycles. The molecule has 1 amide bonds. The number of benzene rings is 1. The van der Waals surface area contributed by atoms with Gasteiger partial charge in [0.05, 0.1) is 11.4 Å². The van der Waals surface area contributed by atoms with Gasteiger partial charge in [-0.1, -0.05) is 18.2 Å². The second-order valence-corrected chi connectivity index (χ2v) is 6.41. The van der Waals surface area contributed by atoms with Gasteiger partial charge < -0.3 is 10.0 Å². The predicted octanol–water partition coefficient (Wildman–Crippen LogP) is 0.287. The lowest BCUT2D eigenvalue weighted by Gasteiger charge is -2.24. The zero-order chi connectivity index (χ0) is 16.0. The molecule has 0 heterocycles. The Morgan fingerprint density at radius 1 is 1.24 bits per heavy atom. The number of nitrogens with zero attached hydrogens (tertiary/aromatic N) is 1. The first-order valence-electron chi connectivity index (χ1n) is 6.30. The molecule has 116 valence electrons. The van der Waals surface area contributed by atoms with Crippen molar-refractivity contribution in [3.05, 3.63) is 30.3 Å². The maximum Gasteiger partial charge on any atom is 0.323 e. The van der Waals surface area contributed by atoms with Crippen molar-refractivity contribution in [2.24, 2.45) is 0 Å². The average molecular weight is 314 g/mol. The normalized spacial score (nSPS) is 11.4. The summed E-state index contributed by atoms with van der Waals surface area (Å²) in [5, 5.41) is 8.76. The van der Waals surface area contributed by atoms with Crippen molar-refractivity contribution >= 4 is 21.9 Å². The Morgan fingerprint density at radius 3 is 2.29 bits per heavy atom. The number of aliphatic carboxylic acids is 1. The fraction of sp³-hybridized carbons (Fsp3) is 0.385. The Kier molecular flexibility index (Phi) is 5.86. The van der Waals surface area contributed by atoms with E-state index in [0.29, 0.717) is 0 Å². The standard InChI is InChI=1S/C13H18N2O5S/c1-10(2)15(9-13(17)18)12(16)8-14-21(19,20)11-6-4-3-5-7-11/h3-7,10,14H,8-9H2,1-2H3,(H,17,18). The molecule has 0 spiro atoms. The van der Waals surface area contributed by atoms with Gasteiger partial charge in [0.25, 0.3) is 0 Å². The van der Waals surface area contributed by atoms with Gasteiger partial charge in [0, 0.05) is 6.04 Å². The van der Waals surface area contributed by atoms with E-state index in [1.54, 1.807) is 32.0 Å². The van der Waals surface area contributed by atoms with Crippen LogP contribution in [0.4, 0.5) is 0 Å². The predicted molar refractivity (Wildman–Crippen MR) is 76.1 cm³/mol. The molecule has 0 aromatic heterocycles. The first-order valence-corrected chi connectivity index (χ1v) is 7.78. The molecule has 0 fully saturated rings. The molecule has 0 saturated heterocycles. The summed E-state index contributed by atoms with van der Waals surface area (Å²) >= 11 is 0. The lowest BCUT2D eigenvalue weighted by atomic mass is 10.3. The third kappa shape index (κ3) is 5.16. The number of hydrogen-bond acceptors (Lipinski definition) is 4. The highest BCUT2D eigenvalue weighted by molar-refractivity contribution is 7.89. The maximum absolute atomic E-state index is 12.0. The van der Waals surface area contributed by atoms with E-state index < -0.39 is 35.0 Å². The first-order chi connectivity index (χ1) is 9.74. The van der Waals surface area contributed by atoms with Crippen LogP contribution in [0.1, 0.15) is 13.8 Å². The Balaban J connectivity index is 2.73. The topological polar surface area (TPSA) is 104 Å². The summed E-state index contributed by atoms with van der Waals surface area (Å²) in [7, 11) is -3.79. The van der Waals surface area contributed by atoms with Crippen molar-refractivity contribution < 1.29 is 23.1 Å². The van der Waals surface area contributed by atoms with Crippen LogP contribution in [0.15, 0.2) is 35.2 Å². The van der Waals surface area contributed by atoms with Crippen LogP contribution in [0.25, 0.3) is 0 Å². The van der Waals surface area contributed by atoms with Gasteiger partial charge in [0.2, 0.25) is 15.9 Å². The van der Waals surface area contributed by atoms with Gasteiger partial charge in [-0.2, -0.15) is 0 Å². The summed E-state index contributed by atoms with van der Waals surface area (Å²) in [6.45, 7) is 2.37. The van der Waals surface area contributed by atoms with Crippen LogP contribution in [-0.2, 0) is 19.6 Å². The van der Waals surface area contributed by atoms with Crippen molar-refractivity contribution in [3.8, 4) is 0 Å². The summed E-state index contributed by atoms with van der Waals surface area (Å²) < 4.78 is 26.1. The highest BCUT2D eigenvalue weighted by Gasteiger charge is 2.22. The molecule has 0 radical (unpaired) electrons. The Hall–Kier alpha value is -1.93. The van der Waals surface area contributed by atoms with Crippen LogP contribution < -0.4 is 4.72 Å². The monoisotopic (exact) mass is 314 g/mol. The lowest BCUT2D eigenvalue weighted by molar-refractivity contribution is -0.145. The van der Waals surface area contributed by atoms with E-state index >= 15 is 0 Å². The first kappa shape index (κ1) is 17.1. The third-order valence-corrected chi connectivity index (χ3v) is 4.13. The minimum absolute atomic E-state index is 0.0483. The van der Waals surface area contributed by atoms with Crippen molar-refractivity contribution in [2.45, 2.75) is 24.8 Å². The lowest BCUT2D eigenvalue weighted by Crippen LogP contribution is -2.45. The van der Waals surface area contributed by atoms with Gasteiger partial charge in [0.1, 0.15) is 6.54 Å². The minimum Gasteiger partial charge on any atom is -0.480 e. The molecule has 0 bridgehead atoms. The van der Waals surface area contributed by atoms with E-state index in [9.17, 15) is 18.0 Å². The fourth-order valence-electron chi connectivity index (χ4n) is 1.65. The van der Waals surface area contributed by atoms with Crippen LogP contribution in [0.2, 0.25) is 0 Å². The number of carbonyl (C=O) groups excluding carboxylic acids is 1. The number of carboxylic acid groups (broad SMARTS) is 1. The van der Waals surface area contributed by atoms with E-state index in [4.69, 9.17) is 5.11 Å². The Morgan fingerprint density at radius 2 is 1.81 bits per heavy atom.